The number of β-amino-alcohol motifs (C(OH)–C–C–N with tert-alkyl or cyclic N) is 1. The lowest BCUT2D eigenvalue weighted by Gasteiger charge is -2.24. The fourth-order valence-corrected chi connectivity index (χ4v) is 2.21. The van der Waals surface area contributed by atoms with Crippen LogP contribution in [0.3, 0.4) is 0 Å². The lowest BCUT2D eigenvalue weighted by atomic mass is 10.1. The van der Waals surface area contributed by atoms with E-state index in [9.17, 15) is 15.0 Å². The van der Waals surface area contributed by atoms with Crippen LogP contribution >= 0.6 is 0 Å². The number of rotatable bonds is 7. The quantitative estimate of drug-likeness (QED) is 0.597. The molecule has 1 rings (SSSR count). The molecule has 0 aromatic rings. The van der Waals surface area contributed by atoms with Gasteiger partial charge in [-0.2, -0.15) is 0 Å². The molecule has 5 heteroatoms. The van der Waals surface area contributed by atoms with Crippen molar-refractivity contribution in [3.8, 4) is 0 Å². The lowest BCUT2D eigenvalue weighted by Crippen LogP contribution is -2.43. The molecular weight excluding hydrogens is 208 g/mol. The largest absolute Gasteiger partial charge is 0.392 e. The number of nitrogens with zero attached hydrogens (tertiary/aromatic N) is 1. The van der Waals surface area contributed by atoms with Crippen molar-refractivity contribution in [1.82, 2.24) is 4.90 Å². The smallest absolute Gasteiger partial charge is 0.234 e. The Hall–Kier alpha value is -0.650. The minimum Gasteiger partial charge on any atom is -0.392 e. The van der Waals surface area contributed by atoms with Crippen molar-refractivity contribution < 1.29 is 15.0 Å². The summed E-state index contributed by atoms with van der Waals surface area (Å²) < 4.78 is 0. The summed E-state index contributed by atoms with van der Waals surface area (Å²) in [6.07, 6.45) is 3.29. The molecule has 1 fully saturated rings. The lowest BCUT2D eigenvalue weighted by molar-refractivity contribution is -0.122. The Balaban J connectivity index is 2.26. The average molecular weight is 229 g/mol. The highest BCUT2D eigenvalue weighted by atomic mass is 16.3. The third-order valence-corrected chi connectivity index (χ3v) is 3.07. The van der Waals surface area contributed by atoms with Crippen molar-refractivity contribution in [2.75, 3.05) is 19.7 Å². The first-order chi connectivity index (χ1) is 7.65. The molecule has 1 amide bonds. The molecule has 0 aromatic heterocycles. The topological polar surface area (TPSA) is 86.5 Å². The summed E-state index contributed by atoms with van der Waals surface area (Å²) in [7, 11) is 0. The maximum atomic E-state index is 11.1. The molecular formula is C11H21N2O3. The van der Waals surface area contributed by atoms with Crippen molar-refractivity contribution in [2.24, 2.45) is 5.73 Å². The number of primary amides is 1. The molecule has 0 spiro atoms. The van der Waals surface area contributed by atoms with Gasteiger partial charge in [-0.3, -0.25) is 9.69 Å². The maximum Gasteiger partial charge on any atom is 0.234 e. The van der Waals surface area contributed by atoms with Crippen molar-refractivity contribution in [1.29, 1.82) is 0 Å². The molecule has 0 aromatic carbocycles. The summed E-state index contributed by atoms with van der Waals surface area (Å²) in [5.74, 6) is -0.302. The molecule has 1 aliphatic rings. The van der Waals surface area contributed by atoms with Gasteiger partial charge in [0.2, 0.25) is 5.91 Å². The second-order valence-electron chi connectivity index (χ2n) is 4.41. The number of likely N-dealkylation sites (tertiary alicyclic amines) is 1. The van der Waals surface area contributed by atoms with E-state index in [1.807, 2.05) is 4.90 Å². The third kappa shape index (κ3) is 4.08. The Bertz CT molecular complexity index is 223. The molecule has 93 valence electrons. The third-order valence-electron chi connectivity index (χ3n) is 3.07. The molecule has 2 atom stereocenters. The number of carbonyl (C=O) groups is 1. The Morgan fingerprint density at radius 2 is 2.25 bits per heavy atom. The molecule has 1 heterocycles. The van der Waals surface area contributed by atoms with E-state index in [4.69, 9.17) is 5.73 Å². The van der Waals surface area contributed by atoms with E-state index in [0.29, 0.717) is 19.4 Å². The van der Waals surface area contributed by atoms with Gasteiger partial charge in [0.1, 0.15) is 0 Å². The Morgan fingerprint density at radius 3 is 2.88 bits per heavy atom. The van der Waals surface area contributed by atoms with Crippen molar-refractivity contribution in [3.63, 3.8) is 0 Å². The van der Waals surface area contributed by atoms with Crippen LogP contribution in [-0.4, -0.2) is 47.8 Å². The van der Waals surface area contributed by atoms with Gasteiger partial charge >= 0.3 is 0 Å². The number of hydrogen-bond acceptors (Lipinski definition) is 3. The van der Waals surface area contributed by atoms with Crippen LogP contribution in [0, 0.1) is 0 Å². The zero-order chi connectivity index (χ0) is 12.0. The number of unbranched alkanes of at least 4 members (excludes halogenated alkanes) is 1. The zero-order valence-electron chi connectivity index (χ0n) is 9.60. The maximum absolute atomic E-state index is 11.1. The summed E-state index contributed by atoms with van der Waals surface area (Å²) in [6.45, 7) is 1.24. The molecule has 1 saturated heterocycles. The van der Waals surface area contributed by atoms with Crippen LogP contribution in [-0.2, 0) is 9.90 Å². The van der Waals surface area contributed by atoms with Gasteiger partial charge in [-0.05, 0) is 38.6 Å². The SMILES string of the molecule is NC(=O)C1CCCN1CC(O)CCCC[O]. The van der Waals surface area contributed by atoms with Gasteiger partial charge in [0, 0.05) is 6.54 Å². The number of hydrogen-bond donors (Lipinski definition) is 2. The molecule has 2 unspecified atom stereocenters. The first kappa shape index (κ1) is 13.4. The van der Waals surface area contributed by atoms with E-state index in [1.165, 1.54) is 0 Å². The van der Waals surface area contributed by atoms with Gasteiger partial charge in [-0.25, -0.2) is 5.11 Å². The first-order valence-corrected chi connectivity index (χ1v) is 5.94. The fourth-order valence-electron chi connectivity index (χ4n) is 2.21. The van der Waals surface area contributed by atoms with Crippen LogP contribution in [0.15, 0.2) is 0 Å². The fraction of sp³-hybridized carbons (Fsp3) is 0.909. The summed E-state index contributed by atoms with van der Waals surface area (Å²) in [6, 6.07) is -0.214. The van der Waals surface area contributed by atoms with Crippen LogP contribution in [0.2, 0.25) is 0 Å². The van der Waals surface area contributed by atoms with E-state index in [0.717, 1.165) is 25.8 Å². The Labute approximate surface area is 96.2 Å². The van der Waals surface area contributed by atoms with Crippen LogP contribution in [0.1, 0.15) is 32.1 Å². The van der Waals surface area contributed by atoms with Crippen molar-refractivity contribution >= 4 is 5.91 Å². The normalized spacial score (nSPS) is 23.5. The van der Waals surface area contributed by atoms with E-state index in [2.05, 4.69) is 0 Å². The average Bonchev–Trinajstić information content (AvgIpc) is 2.66. The van der Waals surface area contributed by atoms with Crippen molar-refractivity contribution in [2.45, 2.75) is 44.2 Å². The predicted octanol–water partition coefficient (Wildman–Crippen LogP) is -0.102. The highest BCUT2D eigenvalue weighted by molar-refractivity contribution is 5.80. The highest BCUT2D eigenvalue weighted by Gasteiger charge is 2.29. The Kier molecular flexibility index (Phi) is 5.73. The second kappa shape index (κ2) is 6.83. The number of aliphatic hydroxyl groups is 1. The van der Waals surface area contributed by atoms with E-state index < -0.39 is 6.10 Å². The molecule has 0 saturated carbocycles. The second-order valence-corrected chi connectivity index (χ2v) is 4.41. The summed E-state index contributed by atoms with van der Waals surface area (Å²) in [5.41, 5.74) is 5.28. The van der Waals surface area contributed by atoms with Gasteiger partial charge in [0.15, 0.2) is 0 Å². The van der Waals surface area contributed by atoms with E-state index >= 15 is 0 Å². The molecule has 5 nitrogen and oxygen atoms in total. The number of nitrogens with two attached hydrogens (primary N) is 1. The highest BCUT2D eigenvalue weighted by Crippen LogP contribution is 2.17. The molecule has 0 aliphatic carbocycles. The van der Waals surface area contributed by atoms with Crippen LogP contribution < -0.4 is 5.73 Å². The first-order valence-electron chi connectivity index (χ1n) is 5.94. The van der Waals surface area contributed by atoms with Gasteiger partial charge in [0.25, 0.3) is 0 Å². The monoisotopic (exact) mass is 229 g/mol. The molecule has 1 aliphatic heterocycles. The molecule has 3 N–H and O–H groups in total. The van der Waals surface area contributed by atoms with Crippen molar-refractivity contribution in [3.05, 3.63) is 0 Å². The Morgan fingerprint density at radius 1 is 1.50 bits per heavy atom. The summed E-state index contributed by atoms with van der Waals surface area (Å²) in [4.78, 5) is 13.1. The minimum atomic E-state index is -0.452. The number of amides is 1. The van der Waals surface area contributed by atoms with Crippen LogP contribution in [0.5, 0.6) is 0 Å². The number of carbonyl (C=O) groups excluding carboxylic acids is 1. The standard InChI is InChI=1S/C11H21N2O3/c12-11(16)10-5-3-6-13(10)8-9(15)4-1-2-7-14/h9-10,15H,1-8H2,(H2,12,16). The van der Waals surface area contributed by atoms with Crippen LogP contribution in [0.4, 0.5) is 0 Å². The molecule has 16 heavy (non-hydrogen) atoms. The molecule has 0 bridgehead atoms. The summed E-state index contributed by atoms with van der Waals surface area (Å²) >= 11 is 0. The summed E-state index contributed by atoms with van der Waals surface area (Å²) in [5, 5.41) is 20.0. The van der Waals surface area contributed by atoms with Gasteiger partial charge in [-0.15, -0.1) is 0 Å². The van der Waals surface area contributed by atoms with Gasteiger partial charge < -0.3 is 10.8 Å². The number of aliphatic hydroxyl groups excluding tert-OH is 1. The predicted molar refractivity (Wildman–Crippen MR) is 59.2 cm³/mol. The molecule has 1 radical (unpaired) electrons. The van der Waals surface area contributed by atoms with Gasteiger partial charge in [-0.1, -0.05) is 0 Å². The van der Waals surface area contributed by atoms with E-state index in [1.54, 1.807) is 0 Å². The zero-order valence-corrected chi connectivity index (χ0v) is 9.60. The van der Waals surface area contributed by atoms with Gasteiger partial charge in [0.05, 0.1) is 18.8 Å². The van der Waals surface area contributed by atoms with Crippen LogP contribution in [0.25, 0.3) is 0 Å². The minimum absolute atomic E-state index is 0.0830. The van der Waals surface area contributed by atoms with E-state index in [-0.39, 0.29) is 18.6 Å².